The smallest absolute Gasteiger partial charge is 0.160 e. The van der Waals surface area contributed by atoms with E-state index in [2.05, 4.69) is 0 Å². The highest BCUT2D eigenvalue weighted by Crippen LogP contribution is 2.15. The van der Waals surface area contributed by atoms with Gasteiger partial charge in [0.1, 0.15) is 0 Å². The lowest BCUT2D eigenvalue weighted by Crippen LogP contribution is -2.30. The maximum Gasteiger partial charge on any atom is 0.160 e. The Morgan fingerprint density at radius 2 is 1.70 bits per heavy atom. The predicted molar refractivity (Wildman–Crippen MR) is 34.8 cm³/mol. The second kappa shape index (κ2) is 3.30. The standard InChI is InChI=1S/C6H14O4/c1-4(5(7)8)3-6(2,9)10/h4-5,7-10H,3H2,1-2H3. The number of aliphatic hydroxyl groups is 4. The third kappa shape index (κ3) is 4.69. The molecule has 0 aliphatic rings. The van der Waals surface area contributed by atoms with Gasteiger partial charge in [0, 0.05) is 12.3 Å². The quantitative estimate of drug-likeness (QED) is 0.390. The van der Waals surface area contributed by atoms with E-state index in [4.69, 9.17) is 20.4 Å². The molecule has 0 aliphatic heterocycles. The summed E-state index contributed by atoms with van der Waals surface area (Å²) in [5, 5.41) is 34.6. The summed E-state index contributed by atoms with van der Waals surface area (Å²) in [5.74, 6) is -2.34. The van der Waals surface area contributed by atoms with Crippen LogP contribution >= 0.6 is 0 Å². The first-order valence-corrected chi connectivity index (χ1v) is 3.14. The van der Waals surface area contributed by atoms with Gasteiger partial charge in [0.25, 0.3) is 0 Å². The van der Waals surface area contributed by atoms with Crippen molar-refractivity contribution in [3.05, 3.63) is 0 Å². The molecule has 1 unspecified atom stereocenters. The Labute approximate surface area is 59.7 Å². The number of hydrogen-bond acceptors (Lipinski definition) is 4. The lowest BCUT2D eigenvalue weighted by molar-refractivity contribution is -0.180. The van der Waals surface area contributed by atoms with Crippen LogP contribution in [0, 0.1) is 5.92 Å². The van der Waals surface area contributed by atoms with Crippen LogP contribution in [-0.2, 0) is 0 Å². The molecule has 0 fully saturated rings. The van der Waals surface area contributed by atoms with Gasteiger partial charge in [-0.05, 0) is 6.92 Å². The first-order chi connectivity index (χ1) is 4.33. The molecule has 0 aromatic carbocycles. The van der Waals surface area contributed by atoms with Gasteiger partial charge in [-0.25, -0.2) is 0 Å². The molecule has 10 heavy (non-hydrogen) atoms. The first kappa shape index (κ1) is 9.84. The Hall–Kier alpha value is -0.160. The van der Waals surface area contributed by atoms with Crippen LogP contribution in [0.15, 0.2) is 0 Å². The first-order valence-electron chi connectivity index (χ1n) is 3.14. The van der Waals surface area contributed by atoms with Gasteiger partial charge in [0.05, 0.1) is 0 Å². The summed E-state index contributed by atoms with van der Waals surface area (Å²) < 4.78 is 0. The zero-order chi connectivity index (χ0) is 8.36. The molecule has 0 heterocycles. The van der Waals surface area contributed by atoms with Crippen molar-refractivity contribution in [2.75, 3.05) is 0 Å². The van der Waals surface area contributed by atoms with E-state index in [-0.39, 0.29) is 6.42 Å². The molecule has 0 saturated heterocycles. The van der Waals surface area contributed by atoms with Crippen LogP contribution in [0.5, 0.6) is 0 Å². The SMILES string of the molecule is CC(CC(C)(O)O)C(O)O. The minimum atomic E-state index is -1.82. The highest BCUT2D eigenvalue weighted by Gasteiger charge is 2.22. The van der Waals surface area contributed by atoms with E-state index >= 15 is 0 Å². The van der Waals surface area contributed by atoms with Crippen molar-refractivity contribution in [3.63, 3.8) is 0 Å². The summed E-state index contributed by atoms with van der Waals surface area (Å²) in [5.41, 5.74) is 0. The summed E-state index contributed by atoms with van der Waals surface area (Å²) in [4.78, 5) is 0. The van der Waals surface area contributed by atoms with Crippen molar-refractivity contribution in [3.8, 4) is 0 Å². The lowest BCUT2D eigenvalue weighted by atomic mass is 10.0. The molecule has 4 heteroatoms. The highest BCUT2D eigenvalue weighted by atomic mass is 16.5. The third-order valence-corrected chi connectivity index (χ3v) is 1.22. The Morgan fingerprint density at radius 3 is 1.80 bits per heavy atom. The molecule has 0 saturated carbocycles. The third-order valence-electron chi connectivity index (χ3n) is 1.22. The van der Waals surface area contributed by atoms with Gasteiger partial charge in [-0.15, -0.1) is 0 Å². The second-order valence-corrected chi connectivity index (χ2v) is 2.81. The maximum absolute atomic E-state index is 8.77. The molecular weight excluding hydrogens is 136 g/mol. The number of hydrogen-bond donors (Lipinski definition) is 4. The molecule has 0 bridgehead atoms. The fraction of sp³-hybridized carbons (Fsp3) is 1.00. The van der Waals surface area contributed by atoms with Crippen molar-refractivity contribution < 1.29 is 20.4 Å². The molecular formula is C6H14O4. The van der Waals surface area contributed by atoms with E-state index in [0.717, 1.165) is 0 Å². The summed E-state index contributed by atoms with van der Waals surface area (Å²) in [7, 11) is 0. The van der Waals surface area contributed by atoms with Gasteiger partial charge < -0.3 is 20.4 Å². The summed E-state index contributed by atoms with van der Waals surface area (Å²) in [6, 6.07) is 0. The Morgan fingerprint density at radius 1 is 1.30 bits per heavy atom. The number of aliphatic hydroxyl groups excluding tert-OH is 1. The minimum absolute atomic E-state index is 0.0509. The van der Waals surface area contributed by atoms with E-state index in [1.807, 2.05) is 0 Å². The molecule has 0 aromatic heterocycles. The van der Waals surface area contributed by atoms with E-state index in [1.165, 1.54) is 13.8 Å². The van der Waals surface area contributed by atoms with Crippen molar-refractivity contribution in [1.29, 1.82) is 0 Å². The predicted octanol–water partition coefficient (Wildman–Crippen LogP) is -0.976. The van der Waals surface area contributed by atoms with E-state index < -0.39 is 18.0 Å². The monoisotopic (exact) mass is 150 g/mol. The van der Waals surface area contributed by atoms with Crippen LogP contribution in [0.3, 0.4) is 0 Å². The average Bonchev–Trinajstić information content (AvgIpc) is 1.60. The van der Waals surface area contributed by atoms with Crippen LogP contribution in [0.25, 0.3) is 0 Å². The molecule has 0 aromatic rings. The molecule has 4 N–H and O–H groups in total. The van der Waals surface area contributed by atoms with Crippen LogP contribution in [-0.4, -0.2) is 32.5 Å². The van der Waals surface area contributed by atoms with Crippen LogP contribution in [0.4, 0.5) is 0 Å². The molecule has 4 nitrogen and oxygen atoms in total. The van der Waals surface area contributed by atoms with Gasteiger partial charge in [0.2, 0.25) is 0 Å². The fourth-order valence-electron chi connectivity index (χ4n) is 0.715. The fourth-order valence-corrected chi connectivity index (χ4v) is 0.715. The van der Waals surface area contributed by atoms with Gasteiger partial charge in [-0.3, -0.25) is 0 Å². The minimum Gasteiger partial charge on any atom is -0.368 e. The summed E-state index contributed by atoms with van der Waals surface area (Å²) in [6.45, 7) is 2.72. The van der Waals surface area contributed by atoms with Crippen molar-refractivity contribution >= 4 is 0 Å². The summed E-state index contributed by atoms with van der Waals surface area (Å²) in [6.07, 6.45) is -1.54. The van der Waals surface area contributed by atoms with Gasteiger partial charge in [-0.1, -0.05) is 6.92 Å². The Kier molecular flexibility index (Phi) is 3.24. The van der Waals surface area contributed by atoms with Gasteiger partial charge in [-0.2, -0.15) is 0 Å². The van der Waals surface area contributed by atoms with Crippen LogP contribution < -0.4 is 0 Å². The number of rotatable bonds is 3. The normalized spacial score (nSPS) is 15.9. The summed E-state index contributed by atoms with van der Waals surface area (Å²) >= 11 is 0. The lowest BCUT2D eigenvalue weighted by Gasteiger charge is -2.21. The van der Waals surface area contributed by atoms with E-state index in [0.29, 0.717) is 0 Å². The van der Waals surface area contributed by atoms with Crippen molar-refractivity contribution in [2.24, 2.45) is 5.92 Å². The molecule has 1 atom stereocenters. The van der Waals surface area contributed by atoms with Gasteiger partial charge in [0.15, 0.2) is 12.1 Å². The van der Waals surface area contributed by atoms with Gasteiger partial charge >= 0.3 is 0 Å². The van der Waals surface area contributed by atoms with Crippen LogP contribution in [0.1, 0.15) is 20.3 Å². The Bertz CT molecular complexity index is 94.4. The topological polar surface area (TPSA) is 80.9 Å². The molecule has 0 spiro atoms. The molecule has 62 valence electrons. The molecule has 0 amide bonds. The zero-order valence-corrected chi connectivity index (χ0v) is 6.15. The maximum atomic E-state index is 8.77. The van der Waals surface area contributed by atoms with Crippen LogP contribution in [0.2, 0.25) is 0 Å². The molecule has 0 rings (SSSR count). The highest BCUT2D eigenvalue weighted by molar-refractivity contribution is 4.63. The van der Waals surface area contributed by atoms with Crippen molar-refractivity contribution in [2.45, 2.75) is 32.3 Å². The second-order valence-electron chi connectivity index (χ2n) is 2.81. The van der Waals surface area contributed by atoms with Crippen molar-refractivity contribution in [1.82, 2.24) is 0 Å². The zero-order valence-electron chi connectivity index (χ0n) is 6.15. The average molecular weight is 150 g/mol. The Balaban J connectivity index is 3.68. The largest absolute Gasteiger partial charge is 0.368 e. The van der Waals surface area contributed by atoms with E-state index in [1.54, 1.807) is 0 Å². The molecule has 0 aliphatic carbocycles. The molecule has 0 radical (unpaired) electrons. The van der Waals surface area contributed by atoms with E-state index in [9.17, 15) is 0 Å².